The van der Waals surface area contributed by atoms with E-state index in [4.69, 9.17) is 11.6 Å². The Morgan fingerprint density at radius 2 is 1.89 bits per heavy atom. The summed E-state index contributed by atoms with van der Waals surface area (Å²) in [5.74, 6) is 0.114. The van der Waals surface area contributed by atoms with Crippen LogP contribution in [0.4, 0.5) is 0 Å². The van der Waals surface area contributed by atoms with Crippen LogP contribution in [0.3, 0.4) is 0 Å². The quantitative estimate of drug-likeness (QED) is 0.626. The zero-order valence-corrected chi connectivity index (χ0v) is 18.6. The molecule has 0 saturated carbocycles. The molecular weight excluding hydrogens is 462 g/mol. The van der Waals surface area contributed by atoms with Gasteiger partial charge < -0.3 is 10.6 Å². The lowest BCUT2D eigenvalue weighted by Gasteiger charge is -2.32. The normalized spacial score (nSPS) is 15.4. The minimum atomic E-state index is -0.221. The second-order valence-corrected chi connectivity index (χ2v) is 9.23. The first-order chi connectivity index (χ1) is 13.5. The van der Waals surface area contributed by atoms with Gasteiger partial charge in [-0.05, 0) is 71.5 Å². The van der Waals surface area contributed by atoms with Crippen LogP contribution in [0.2, 0.25) is 5.02 Å². The Labute approximate surface area is 182 Å². The number of nitrogens with one attached hydrogen (secondary N) is 2. The van der Waals surface area contributed by atoms with E-state index < -0.39 is 0 Å². The van der Waals surface area contributed by atoms with Crippen molar-refractivity contribution in [2.24, 2.45) is 5.92 Å². The molecule has 0 spiro atoms. The first-order valence-corrected chi connectivity index (χ1v) is 11.3. The smallest absolute Gasteiger partial charge is 0.261 e. The van der Waals surface area contributed by atoms with Crippen molar-refractivity contribution in [1.82, 2.24) is 15.5 Å². The number of carbonyl (C=O) groups is 2. The molecule has 0 radical (unpaired) electrons. The summed E-state index contributed by atoms with van der Waals surface area (Å²) in [4.78, 5) is 27.0. The largest absolute Gasteiger partial charge is 0.354 e. The van der Waals surface area contributed by atoms with E-state index in [-0.39, 0.29) is 18.4 Å². The van der Waals surface area contributed by atoms with Gasteiger partial charge in [0, 0.05) is 28.0 Å². The van der Waals surface area contributed by atoms with Crippen LogP contribution in [0.1, 0.15) is 28.1 Å². The summed E-state index contributed by atoms with van der Waals surface area (Å²) in [5, 5.41) is 8.20. The van der Waals surface area contributed by atoms with Gasteiger partial charge in [-0.15, -0.1) is 11.3 Å². The van der Waals surface area contributed by atoms with Crippen LogP contribution in [0.5, 0.6) is 0 Å². The highest BCUT2D eigenvalue weighted by atomic mass is 79.9. The van der Waals surface area contributed by atoms with Gasteiger partial charge in [0.05, 0.1) is 11.4 Å². The fourth-order valence-corrected chi connectivity index (χ4v) is 4.67. The number of rotatable bonds is 7. The molecule has 0 unspecified atom stereocenters. The van der Waals surface area contributed by atoms with Gasteiger partial charge in [-0.3, -0.25) is 14.5 Å². The number of thiophene rings is 1. The van der Waals surface area contributed by atoms with Crippen LogP contribution in [-0.4, -0.2) is 42.9 Å². The van der Waals surface area contributed by atoms with Crippen LogP contribution in [0.15, 0.2) is 40.2 Å². The maximum Gasteiger partial charge on any atom is 0.261 e. The molecule has 2 N–H and O–H groups in total. The molecule has 1 aliphatic heterocycles. The Kier molecular flexibility index (Phi) is 7.91. The summed E-state index contributed by atoms with van der Waals surface area (Å²) in [7, 11) is 0. The molecule has 0 bridgehead atoms. The molecular formula is C20H23BrClN3O2S. The molecule has 8 heteroatoms. The fraction of sp³-hybridized carbons (Fsp3) is 0.400. The Bertz CT molecular complexity index is 804. The van der Waals surface area contributed by atoms with Crippen molar-refractivity contribution in [1.29, 1.82) is 0 Å². The lowest BCUT2D eigenvalue weighted by atomic mass is 9.96. The molecule has 1 aliphatic rings. The number of amides is 2. The molecule has 150 valence electrons. The average Bonchev–Trinajstić information content (AvgIpc) is 3.14. The molecule has 1 fully saturated rings. The molecule has 2 heterocycles. The van der Waals surface area contributed by atoms with E-state index in [1.807, 2.05) is 17.5 Å². The second-order valence-electron chi connectivity index (χ2n) is 6.96. The molecule has 1 aromatic heterocycles. The van der Waals surface area contributed by atoms with Gasteiger partial charge >= 0.3 is 0 Å². The van der Waals surface area contributed by atoms with Crippen LogP contribution >= 0.6 is 38.9 Å². The number of likely N-dealkylation sites (tertiary alicyclic amines) is 1. The van der Waals surface area contributed by atoms with Crippen LogP contribution in [0, 0.1) is 5.92 Å². The van der Waals surface area contributed by atoms with Crippen molar-refractivity contribution in [3.63, 3.8) is 0 Å². The highest BCUT2D eigenvalue weighted by molar-refractivity contribution is 9.10. The highest BCUT2D eigenvalue weighted by Gasteiger charge is 2.20. The molecule has 2 aromatic rings. The summed E-state index contributed by atoms with van der Waals surface area (Å²) in [6.07, 6.45) is 2.12. The zero-order valence-electron chi connectivity index (χ0n) is 15.4. The van der Waals surface area contributed by atoms with Crippen molar-refractivity contribution < 1.29 is 9.59 Å². The van der Waals surface area contributed by atoms with Crippen molar-refractivity contribution in [3.8, 4) is 0 Å². The van der Waals surface area contributed by atoms with E-state index in [0.717, 1.165) is 42.0 Å². The third-order valence-electron chi connectivity index (χ3n) is 4.82. The van der Waals surface area contributed by atoms with Crippen molar-refractivity contribution in [3.05, 3.63) is 55.6 Å². The number of piperidine rings is 1. The van der Waals surface area contributed by atoms with Crippen LogP contribution < -0.4 is 10.6 Å². The minimum Gasteiger partial charge on any atom is -0.354 e. The van der Waals surface area contributed by atoms with Gasteiger partial charge in [-0.1, -0.05) is 23.7 Å². The SMILES string of the molecule is O=C(CNC(=O)c1cc(Br)cs1)NCC1CCN(Cc2ccc(Cl)cc2)CC1. The number of halogens is 2. The second kappa shape index (κ2) is 10.4. The first-order valence-electron chi connectivity index (χ1n) is 9.25. The summed E-state index contributed by atoms with van der Waals surface area (Å²) in [5.41, 5.74) is 1.27. The third-order valence-corrected chi connectivity index (χ3v) is 6.76. The third kappa shape index (κ3) is 6.58. The maximum atomic E-state index is 12.0. The van der Waals surface area contributed by atoms with E-state index >= 15 is 0 Å². The number of hydrogen-bond donors (Lipinski definition) is 2. The van der Waals surface area contributed by atoms with Gasteiger partial charge in [0.2, 0.25) is 5.91 Å². The van der Waals surface area contributed by atoms with E-state index in [0.29, 0.717) is 17.3 Å². The fourth-order valence-electron chi connectivity index (χ4n) is 3.20. The number of hydrogen-bond acceptors (Lipinski definition) is 4. The molecule has 0 aliphatic carbocycles. The van der Waals surface area contributed by atoms with Gasteiger partial charge in [0.1, 0.15) is 0 Å². The molecule has 5 nitrogen and oxygen atoms in total. The molecule has 0 atom stereocenters. The van der Waals surface area contributed by atoms with Crippen molar-refractivity contribution >= 4 is 50.7 Å². The number of carbonyl (C=O) groups excluding carboxylic acids is 2. The van der Waals surface area contributed by atoms with Crippen molar-refractivity contribution in [2.75, 3.05) is 26.2 Å². The van der Waals surface area contributed by atoms with Gasteiger partial charge in [-0.2, -0.15) is 0 Å². The van der Waals surface area contributed by atoms with Gasteiger partial charge in [0.25, 0.3) is 5.91 Å². The Morgan fingerprint density at radius 1 is 1.18 bits per heavy atom. The van der Waals surface area contributed by atoms with E-state index in [9.17, 15) is 9.59 Å². The average molecular weight is 485 g/mol. The van der Waals surface area contributed by atoms with Gasteiger partial charge in [0.15, 0.2) is 0 Å². The summed E-state index contributed by atoms with van der Waals surface area (Å²) < 4.78 is 0.870. The van der Waals surface area contributed by atoms with E-state index in [1.54, 1.807) is 6.07 Å². The predicted molar refractivity (Wildman–Crippen MR) is 117 cm³/mol. The number of benzene rings is 1. The van der Waals surface area contributed by atoms with E-state index in [1.165, 1.54) is 16.9 Å². The maximum absolute atomic E-state index is 12.0. The molecule has 3 rings (SSSR count). The Balaban J connectivity index is 1.32. The topological polar surface area (TPSA) is 61.4 Å². The Morgan fingerprint density at radius 3 is 2.54 bits per heavy atom. The molecule has 2 amide bonds. The molecule has 1 saturated heterocycles. The highest BCUT2D eigenvalue weighted by Crippen LogP contribution is 2.20. The molecule has 1 aromatic carbocycles. The van der Waals surface area contributed by atoms with Gasteiger partial charge in [-0.25, -0.2) is 0 Å². The lowest BCUT2D eigenvalue weighted by molar-refractivity contribution is -0.120. The van der Waals surface area contributed by atoms with Crippen molar-refractivity contribution in [2.45, 2.75) is 19.4 Å². The van der Waals surface area contributed by atoms with Crippen LogP contribution in [-0.2, 0) is 11.3 Å². The number of nitrogens with zero attached hydrogens (tertiary/aromatic N) is 1. The first kappa shape index (κ1) is 21.3. The monoisotopic (exact) mass is 483 g/mol. The summed E-state index contributed by atoms with van der Waals surface area (Å²) in [6.45, 7) is 3.64. The zero-order chi connectivity index (χ0) is 19.9. The predicted octanol–water partition coefficient (Wildman–Crippen LogP) is 3.92. The summed E-state index contributed by atoms with van der Waals surface area (Å²) >= 11 is 10.6. The lowest BCUT2D eigenvalue weighted by Crippen LogP contribution is -2.41. The van der Waals surface area contributed by atoms with Crippen LogP contribution in [0.25, 0.3) is 0 Å². The van der Waals surface area contributed by atoms with E-state index in [2.05, 4.69) is 43.6 Å². The summed E-state index contributed by atoms with van der Waals surface area (Å²) in [6, 6.07) is 9.73. The minimum absolute atomic E-state index is 0.00373. The molecule has 28 heavy (non-hydrogen) atoms. The standard InChI is InChI=1S/C20H23BrClN3O2S/c21-16-9-18(28-13-16)20(27)24-11-19(26)23-10-14-5-7-25(8-6-14)12-15-1-3-17(22)4-2-15/h1-4,9,13-14H,5-8,10-12H2,(H,23,26)(H,24,27). The Hall–Kier alpha value is -1.41.